The average molecular weight is 519 g/mol. The van der Waals surface area contributed by atoms with Crippen LogP contribution in [0.3, 0.4) is 0 Å². The van der Waals surface area contributed by atoms with Gasteiger partial charge < -0.3 is 19.3 Å². The van der Waals surface area contributed by atoms with E-state index in [1.807, 2.05) is 13.8 Å². The minimum Gasteiger partial charge on any atom is -0.458 e. The van der Waals surface area contributed by atoms with Gasteiger partial charge in [-0.2, -0.15) is 0 Å². The lowest BCUT2D eigenvalue weighted by Gasteiger charge is -2.62. The van der Waals surface area contributed by atoms with Crippen molar-refractivity contribution in [1.29, 1.82) is 0 Å². The molecule has 1 aliphatic heterocycles. The third-order valence-electron chi connectivity index (χ3n) is 10.1. The lowest BCUT2D eigenvalue weighted by Crippen LogP contribution is -2.70. The first kappa shape index (κ1) is 26.7. The zero-order valence-corrected chi connectivity index (χ0v) is 22.5. The molecule has 2 unspecified atom stereocenters. The molecule has 37 heavy (non-hydrogen) atoms. The minimum absolute atomic E-state index is 0.0131. The summed E-state index contributed by atoms with van der Waals surface area (Å²) in [4.78, 5) is 38.2. The molecule has 7 nitrogen and oxygen atoms in total. The first-order valence-corrected chi connectivity index (χ1v) is 13.6. The lowest BCUT2D eigenvalue weighted by molar-refractivity contribution is -0.246. The molecule has 5 aliphatic rings. The van der Waals surface area contributed by atoms with Crippen LogP contribution in [-0.2, 0) is 28.6 Å². The molecular formula is C29H39FO7. The van der Waals surface area contributed by atoms with Gasteiger partial charge in [0.15, 0.2) is 29.4 Å². The van der Waals surface area contributed by atoms with Crippen LogP contribution in [0, 0.1) is 22.7 Å². The molecule has 0 aromatic rings. The minimum atomic E-state index is -2.01. The Balaban J connectivity index is 1.52. The number of aliphatic hydroxyl groups excluding tert-OH is 1. The Bertz CT molecular complexity index is 1080. The van der Waals surface area contributed by atoms with Gasteiger partial charge in [-0.05, 0) is 70.9 Å². The fourth-order valence-corrected chi connectivity index (χ4v) is 8.46. The Morgan fingerprint density at radius 1 is 1.22 bits per heavy atom. The monoisotopic (exact) mass is 518 g/mol. The van der Waals surface area contributed by atoms with E-state index in [1.165, 1.54) is 12.2 Å². The van der Waals surface area contributed by atoms with Crippen LogP contribution in [0.4, 0.5) is 4.39 Å². The summed E-state index contributed by atoms with van der Waals surface area (Å²) in [7, 11) is 0. The molecule has 0 aromatic heterocycles. The second-order valence-corrected chi connectivity index (χ2v) is 12.5. The molecule has 4 fully saturated rings. The van der Waals surface area contributed by atoms with Crippen molar-refractivity contribution >= 4 is 17.5 Å². The van der Waals surface area contributed by atoms with Gasteiger partial charge in [0, 0.05) is 23.2 Å². The van der Waals surface area contributed by atoms with Gasteiger partial charge in [0.25, 0.3) is 0 Å². The first-order chi connectivity index (χ1) is 17.2. The van der Waals surface area contributed by atoms with E-state index < -0.39 is 64.4 Å². The number of aliphatic hydroxyl groups is 1. The summed E-state index contributed by atoms with van der Waals surface area (Å²) >= 11 is 0. The summed E-state index contributed by atoms with van der Waals surface area (Å²) < 4.78 is 35.5. The number of esters is 1. The number of fused-ring (bicyclic) bond motifs is 7. The van der Waals surface area contributed by atoms with Crippen LogP contribution >= 0.6 is 0 Å². The van der Waals surface area contributed by atoms with Crippen LogP contribution in [0.5, 0.6) is 0 Å². The second kappa shape index (κ2) is 8.55. The zero-order valence-electron chi connectivity index (χ0n) is 22.5. The number of unbranched alkanes of at least 4 members (excludes halogenated alkanes) is 1. The van der Waals surface area contributed by atoms with Gasteiger partial charge >= 0.3 is 5.97 Å². The van der Waals surface area contributed by atoms with E-state index in [9.17, 15) is 19.5 Å². The lowest BCUT2D eigenvalue weighted by atomic mass is 9.44. The van der Waals surface area contributed by atoms with Gasteiger partial charge in [0.05, 0.1) is 12.2 Å². The van der Waals surface area contributed by atoms with Gasteiger partial charge in [-0.3, -0.25) is 14.4 Å². The van der Waals surface area contributed by atoms with E-state index in [2.05, 4.69) is 0 Å². The SMILES string of the molecule is CCCCC(=O)OCC(=O)[C@@]12OC(C)(C)OC1C[C@H]1[C@@H]3CCC4=CC(=O)C=C[C@]4(C)C3(F)[C@@H](O)C[C@@]12C. The fraction of sp³-hybridized carbons (Fsp3) is 0.759. The Morgan fingerprint density at radius 3 is 2.65 bits per heavy atom. The number of Topliss-reactive ketones (excluding diaryl/α,β-unsaturated/α-hetero) is 1. The third-order valence-corrected chi connectivity index (χ3v) is 10.1. The summed E-state index contributed by atoms with van der Waals surface area (Å²) in [6.45, 7) is 8.68. The topological polar surface area (TPSA) is 99.1 Å². The number of carbonyl (C=O) groups excluding carboxylic acids is 3. The van der Waals surface area contributed by atoms with Gasteiger partial charge in [0.1, 0.15) is 0 Å². The van der Waals surface area contributed by atoms with Crippen LogP contribution in [-0.4, -0.2) is 58.5 Å². The number of allylic oxidation sites excluding steroid dienone is 4. The van der Waals surface area contributed by atoms with Crippen LogP contribution in [0.25, 0.3) is 0 Å². The van der Waals surface area contributed by atoms with Gasteiger partial charge in [-0.25, -0.2) is 4.39 Å². The van der Waals surface area contributed by atoms with Crippen molar-refractivity contribution in [3.8, 4) is 0 Å². The molecule has 1 N–H and O–H groups in total. The van der Waals surface area contributed by atoms with E-state index >= 15 is 4.39 Å². The quantitative estimate of drug-likeness (QED) is 0.527. The van der Waals surface area contributed by atoms with Crippen molar-refractivity contribution in [1.82, 2.24) is 0 Å². The Kier molecular flexibility index (Phi) is 6.17. The molecule has 0 amide bonds. The molecule has 0 bridgehead atoms. The summed E-state index contributed by atoms with van der Waals surface area (Å²) in [5.74, 6) is -2.95. The summed E-state index contributed by atoms with van der Waals surface area (Å²) in [5, 5.41) is 11.6. The highest BCUT2D eigenvalue weighted by Gasteiger charge is 2.80. The first-order valence-electron chi connectivity index (χ1n) is 13.6. The predicted octanol–water partition coefficient (Wildman–Crippen LogP) is 4.16. The van der Waals surface area contributed by atoms with Crippen molar-refractivity contribution in [2.45, 2.75) is 109 Å². The number of carbonyl (C=O) groups is 3. The van der Waals surface area contributed by atoms with Crippen LogP contribution in [0.1, 0.15) is 79.6 Å². The maximum absolute atomic E-state index is 17.4. The van der Waals surface area contributed by atoms with Gasteiger partial charge in [-0.15, -0.1) is 0 Å². The number of ketones is 2. The molecule has 3 saturated carbocycles. The molecule has 0 spiro atoms. The predicted molar refractivity (Wildman–Crippen MR) is 132 cm³/mol. The third kappa shape index (κ3) is 3.51. The Labute approximate surface area is 217 Å². The number of alkyl halides is 1. The van der Waals surface area contributed by atoms with Crippen molar-refractivity contribution in [2.24, 2.45) is 22.7 Å². The van der Waals surface area contributed by atoms with Crippen LogP contribution in [0.15, 0.2) is 23.8 Å². The molecule has 1 saturated heterocycles. The Morgan fingerprint density at radius 2 is 1.95 bits per heavy atom. The molecule has 204 valence electrons. The van der Waals surface area contributed by atoms with E-state index in [0.29, 0.717) is 31.3 Å². The number of rotatable bonds is 6. The fourth-order valence-electron chi connectivity index (χ4n) is 8.46. The smallest absolute Gasteiger partial charge is 0.306 e. The van der Waals surface area contributed by atoms with E-state index in [0.717, 1.165) is 6.42 Å². The maximum atomic E-state index is 17.4. The molecule has 8 atom stereocenters. The van der Waals surface area contributed by atoms with Crippen molar-refractivity contribution in [3.05, 3.63) is 23.8 Å². The summed E-state index contributed by atoms with van der Waals surface area (Å²) in [5.41, 5.74) is -4.83. The van der Waals surface area contributed by atoms with Crippen LogP contribution in [0.2, 0.25) is 0 Å². The van der Waals surface area contributed by atoms with Gasteiger partial charge in [-0.1, -0.05) is 31.9 Å². The largest absolute Gasteiger partial charge is 0.458 e. The van der Waals surface area contributed by atoms with E-state index in [-0.39, 0.29) is 24.5 Å². The second-order valence-electron chi connectivity index (χ2n) is 12.5. The molecule has 5 rings (SSSR count). The average Bonchev–Trinajstić information content (AvgIpc) is 3.23. The van der Waals surface area contributed by atoms with Crippen molar-refractivity contribution < 1.29 is 38.1 Å². The highest BCUT2D eigenvalue weighted by molar-refractivity contribution is 6.01. The van der Waals surface area contributed by atoms with E-state index in [4.69, 9.17) is 14.2 Å². The molecule has 1 heterocycles. The van der Waals surface area contributed by atoms with Gasteiger partial charge in [0.2, 0.25) is 5.78 Å². The highest BCUT2D eigenvalue weighted by Crippen LogP contribution is 2.72. The molecule has 0 radical (unpaired) electrons. The summed E-state index contributed by atoms with van der Waals surface area (Å²) in [6, 6.07) is 0. The van der Waals surface area contributed by atoms with Crippen molar-refractivity contribution in [2.75, 3.05) is 6.61 Å². The highest BCUT2D eigenvalue weighted by atomic mass is 19.1. The van der Waals surface area contributed by atoms with Crippen LogP contribution < -0.4 is 0 Å². The zero-order chi connectivity index (χ0) is 27.0. The number of hydrogen-bond acceptors (Lipinski definition) is 7. The number of halogens is 1. The molecule has 8 heteroatoms. The normalized spacial score (nSPS) is 45.4. The maximum Gasteiger partial charge on any atom is 0.306 e. The molecule has 0 aromatic carbocycles. The van der Waals surface area contributed by atoms with Crippen molar-refractivity contribution in [3.63, 3.8) is 0 Å². The molecular weight excluding hydrogens is 479 g/mol. The number of ether oxygens (including phenoxy) is 3. The summed E-state index contributed by atoms with van der Waals surface area (Å²) in [6.07, 6.45) is 5.59. The van der Waals surface area contributed by atoms with E-state index in [1.54, 1.807) is 26.8 Å². The number of hydrogen-bond donors (Lipinski definition) is 1. The standard InChI is InChI=1S/C29H39FO7/c1-6-7-8-24(34)35-16-22(33)29-23(36-25(2,3)37-29)14-20-19-10-9-17-13-18(31)11-12-26(17,4)28(19,30)21(32)15-27(20,29)5/h11-13,19-21,23,32H,6-10,14-16H2,1-5H3/t19-,20-,21-,23?,26-,27-,28?,29+/m0/s1. The molecule has 4 aliphatic carbocycles. The Hall–Kier alpha value is -1.90.